The molecule has 3 aromatic rings. The summed E-state index contributed by atoms with van der Waals surface area (Å²) < 4.78 is 11.5. The zero-order valence-electron chi connectivity index (χ0n) is 15.7. The maximum Gasteiger partial charge on any atom is 0.263 e. The Bertz CT molecular complexity index is 928. The van der Waals surface area contributed by atoms with E-state index in [0.717, 1.165) is 5.56 Å². The smallest absolute Gasteiger partial charge is 0.263 e. The summed E-state index contributed by atoms with van der Waals surface area (Å²) in [5, 5.41) is 3.51. The molecule has 0 fully saturated rings. The molecule has 0 aliphatic rings. The molecule has 1 N–H and O–H groups in total. The van der Waals surface area contributed by atoms with Gasteiger partial charge < -0.3 is 14.8 Å². The van der Waals surface area contributed by atoms with Crippen LogP contribution in [-0.4, -0.2) is 16.5 Å². The lowest BCUT2D eigenvalue weighted by Gasteiger charge is -2.25. The predicted octanol–water partition coefficient (Wildman–Crippen LogP) is 5.00. The second kappa shape index (κ2) is 8.76. The molecule has 0 bridgehead atoms. The van der Waals surface area contributed by atoms with Crippen LogP contribution in [0.4, 0.5) is 0 Å². The van der Waals surface area contributed by atoms with Crippen molar-refractivity contribution in [3.63, 3.8) is 0 Å². The lowest BCUT2D eigenvalue weighted by molar-refractivity contribution is -0.134. The van der Waals surface area contributed by atoms with E-state index in [9.17, 15) is 4.79 Å². The fourth-order valence-corrected chi connectivity index (χ4v) is 2.61. The van der Waals surface area contributed by atoms with Crippen molar-refractivity contribution in [3.05, 3.63) is 83.5 Å². The number of hydrogen-bond donors (Lipinski definition) is 1. The molecule has 1 amide bonds. The first-order valence-electron chi connectivity index (χ1n) is 8.83. The van der Waals surface area contributed by atoms with Crippen LogP contribution >= 0.6 is 11.6 Å². The van der Waals surface area contributed by atoms with Crippen LogP contribution in [0, 0.1) is 0 Å². The van der Waals surface area contributed by atoms with Crippen LogP contribution in [-0.2, 0) is 11.3 Å². The third-order valence-corrected chi connectivity index (χ3v) is 4.20. The first-order valence-corrected chi connectivity index (χ1v) is 9.21. The summed E-state index contributed by atoms with van der Waals surface area (Å²) in [6, 6.07) is 19.9. The topological polar surface area (TPSA) is 60.5 Å². The number of hydrogen-bond acceptors (Lipinski definition) is 4. The van der Waals surface area contributed by atoms with E-state index in [1.54, 1.807) is 50.4 Å². The summed E-state index contributed by atoms with van der Waals surface area (Å²) in [7, 11) is 0. The predicted molar refractivity (Wildman–Crippen MR) is 109 cm³/mol. The normalized spacial score (nSPS) is 11.0. The first-order chi connectivity index (χ1) is 13.4. The minimum Gasteiger partial charge on any atom is -0.478 e. The van der Waals surface area contributed by atoms with Crippen LogP contribution in [0.5, 0.6) is 17.4 Å². The summed E-state index contributed by atoms with van der Waals surface area (Å²) >= 11 is 5.88. The van der Waals surface area contributed by atoms with Crippen molar-refractivity contribution in [2.45, 2.75) is 26.0 Å². The quantitative estimate of drug-likeness (QED) is 0.610. The second-order valence-corrected chi connectivity index (χ2v) is 7.10. The fraction of sp³-hybridized carbons (Fsp3) is 0.182. The van der Waals surface area contributed by atoms with Crippen molar-refractivity contribution < 1.29 is 14.3 Å². The molecular formula is C22H21ClN2O3. The molecule has 0 saturated heterocycles. The Kier molecular flexibility index (Phi) is 6.16. The molecule has 5 nitrogen and oxygen atoms in total. The number of aromatic nitrogens is 1. The van der Waals surface area contributed by atoms with Crippen molar-refractivity contribution in [1.29, 1.82) is 0 Å². The van der Waals surface area contributed by atoms with Gasteiger partial charge in [-0.2, -0.15) is 0 Å². The molecule has 144 valence electrons. The first kappa shape index (κ1) is 19.7. The molecule has 0 aliphatic carbocycles. The lowest BCUT2D eigenvalue weighted by Crippen LogP contribution is -2.46. The Morgan fingerprint density at radius 2 is 1.82 bits per heavy atom. The van der Waals surface area contributed by atoms with Gasteiger partial charge in [0, 0.05) is 23.8 Å². The maximum absolute atomic E-state index is 12.6. The molecule has 6 heteroatoms. The number of ether oxygens (including phenoxy) is 2. The van der Waals surface area contributed by atoms with Gasteiger partial charge in [0.15, 0.2) is 5.60 Å². The Morgan fingerprint density at radius 1 is 1.04 bits per heavy atom. The van der Waals surface area contributed by atoms with E-state index in [0.29, 0.717) is 28.9 Å². The summed E-state index contributed by atoms with van der Waals surface area (Å²) in [6.07, 6.45) is 1.67. The van der Waals surface area contributed by atoms with Gasteiger partial charge >= 0.3 is 0 Å². The largest absolute Gasteiger partial charge is 0.478 e. The molecular weight excluding hydrogens is 376 g/mol. The SMILES string of the molecule is CC(C)(Oc1ccc(Cl)cc1)C(=O)NCc1cccc(Oc2ccccn2)c1. The molecule has 0 atom stereocenters. The second-order valence-electron chi connectivity index (χ2n) is 6.67. The van der Waals surface area contributed by atoms with Crippen molar-refractivity contribution in [2.24, 2.45) is 0 Å². The number of nitrogens with zero attached hydrogens (tertiary/aromatic N) is 1. The number of pyridine rings is 1. The molecule has 28 heavy (non-hydrogen) atoms. The third-order valence-electron chi connectivity index (χ3n) is 3.95. The van der Waals surface area contributed by atoms with Crippen molar-refractivity contribution in [2.75, 3.05) is 0 Å². The lowest BCUT2D eigenvalue weighted by atomic mass is 10.1. The Hall–Kier alpha value is -3.05. The Balaban J connectivity index is 1.59. The highest BCUT2D eigenvalue weighted by atomic mass is 35.5. The number of carbonyl (C=O) groups is 1. The summed E-state index contributed by atoms with van der Waals surface area (Å²) in [5.41, 5.74) is -0.125. The van der Waals surface area contributed by atoms with Crippen LogP contribution in [0.1, 0.15) is 19.4 Å². The Labute approximate surface area is 169 Å². The number of halogens is 1. The van der Waals surface area contributed by atoms with Gasteiger partial charge in [0.05, 0.1) is 0 Å². The van der Waals surface area contributed by atoms with Gasteiger partial charge in [-0.25, -0.2) is 4.98 Å². The highest BCUT2D eigenvalue weighted by molar-refractivity contribution is 6.30. The Morgan fingerprint density at radius 3 is 2.54 bits per heavy atom. The average molecular weight is 397 g/mol. The van der Waals surface area contributed by atoms with Crippen molar-refractivity contribution in [1.82, 2.24) is 10.3 Å². The van der Waals surface area contributed by atoms with Crippen LogP contribution in [0.2, 0.25) is 5.02 Å². The van der Waals surface area contributed by atoms with E-state index < -0.39 is 5.60 Å². The fourth-order valence-electron chi connectivity index (χ4n) is 2.49. The van der Waals surface area contributed by atoms with Crippen LogP contribution in [0.15, 0.2) is 72.9 Å². The summed E-state index contributed by atoms with van der Waals surface area (Å²) in [6.45, 7) is 3.79. The molecule has 0 radical (unpaired) electrons. The van der Waals surface area contributed by atoms with Gasteiger partial charge in [0.1, 0.15) is 11.5 Å². The zero-order valence-corrected chi connectivity index (χ0v) is 16.4. The average Bonchev–Trinajstić information content (AvgIpc) is 2.69. The highest BCUT2D eigenvalue weighted by Crippen LogP contribution is 2.22. The molecule has 1 aromatic heterocycles. The molecule has 0 saturated carbocycles. The van der Waals surface area contributed by atoms with E-state index in [2.05, 4.69) is 10.3 Å². The van der Waals surface area contributed by atoms with Crippen LogP contribution in [0.25, 0.3) is 0 Å². The van der Waals surface area contributed by atoms with Gasteiger partial charge in [-0.05, 0) is 61.9 Å². The molecule has 2 aromatic carbocycles. The van der Waals surface area contributed by atoms with E-state index in [1.165, 1.54) is 0 Å². The minimum absolute atomic E-state index is 0.224. The highest BCUT2D eigenvalue weighted by Gasteiger charge is 2.29. The number of benzene rings is 2. The van der Waals surface area contributed by atoms with Crippen molar-refractivity contribution in [3.8, 4) is 17.4 Å². The number of carbonyl (C=O) groups excluding carboxylic acids is 1. The minimum atomic E-state index is -1.03. The van der Waals surface area contributed by atoms with E-state index in [1.807, 2.05) is 36.4 Å². The zero-order chi connectivity index (χ0) is 20.0. The number of amides is 1. The third kappa shape index (κ3) is 5.47. The maximum atomic E-state index is 12.6. The molecule has 0 spiro atoms. The van der Waals surface area contributed by atoms with Gasteiger partial charge in [-0.1, -0.05) is 29.8 Å². The molecule has 3 rings (SSSR count). The van der Waals surface area contributed by atoms with Crippen LogP contribution < -0.4 is 14.8 Å². The number of rotatable bonds is 7. The molecule has 0 aliphatic heterocycles. The van der Waals surface area contributed by atoms with Gasteiger partial charge in [0.2, 0.25) is 5.88 Å². The summed E-state index contributed by atoms with van der Waals surface area (Å²) in [4.78, 5) is 16.7. The monoisotopic (exact) mass is 396 g/mol. The van der Waals surface area contributed by atoms with E-state index in [-0.39, 0.29) is 5.91 Å². The molecule has 0 unspecified atom stereocenters. The van der Waals surface area contributed by atoms with E-state index in [4.69, 9.17) is 21.1 Å². The van der Waals surface area contributed by atoms with Crippen LogP contribution in [0.3, 0.4) is 0 Å². The van der Waals surface area contributed by atoms with Crippen molar-refractivity contribution >= 4 is 17.5 Å². The van der Waals surface area contributed by atoms with E-state index >= 15 is 0 Å². The number of nitrogens with one attached hydrogen (secondary N) is 1. The molecule has 1 heterocycles. The van der Waals surface area contributed by atoms with Gasteiger partial charge in [-0.3, -0.25) is 4.79 Å². The van der Waals surface area contributed by atoms with Gasteiger partial charge in [-0.15, -0.1) is 0 Å². The summed E-state index contributed by atoms with van der Waals surface area (Å²) in [5.74, 6) is 1.53. The standard InChI is InChI=1S/C22H21ClN2O3/c1-22(2,28-18-11-9-17(23)10-12-18)21(26)25-15-16-6-5-7-19(14-16)27-20-8-3-4-13-24-20/h3-14H,15H2,1-2H3,(H,25,26). The van der Waals surface area contributed by atoms with Gasteiger partial charge in [0.25, 0.3) is 5.91 Å².